The lowest BCUT2D eigenvalue weighted by molar-refractivity contribution is -0.105. The summed E-state index contributed by atoms with van der Waals surface area (Å²) in [6, 6.07) is 8.75. The SMILES string of the molecule is NC(=S)[C@@H]1CCCN1OC(=O)c1ccccc1. The van der Waals surface area contributed by atoms with E-state index in [-0.39, 0.29) is 12.0 Å². The van der Waals surface area contributed by atoms with Crippen LogP contribution in [-0.4, -0.2) is 28.6 Å². The molecule has 2 N–H and O–H groups in total. The normalized spacial score (nSPS) is 20.1. The molecule has 0 radical (unpaired) electrons. The second-order valence-electron chi connectivity index (χ2n) is 3.95. The van der Waals surface area contributed by atoms with Crippen LogP contribution in [0.15, 0.2) is 30.3 Å². The summed E-state index contributed by atoms with van der Waals surface area (Å²) in [6.07, 6.45) is 1.78. The molecular weight excluding hydrogens is 236 g/mol. The Labute approximate surface area is 105 Å². The molecule has 1 aliphatic rings. The first kappa shape index (κ1) is 12.0. The number of nitrogens with zero attached hydrogens (tertiary/aromatic N) is 1. The number of carbonyl (C=O) groups is 1. The summed E-state index contributed by atoms with van der Waals surface area (Å²) in [5, 5.41) is 1.58. The summed E-state index contributed by atoms with van der Waals surface area (Å²) >= 11 is 4.95. The number of nitrogens with two attached hydrogens (primary N) is 1. The Hall–Kier alpha value is -1.46. The lowest BCUT2D eigenvalue weighted by Gasteiger charge is -2.21. The van der Waals surface area contributed by atoms with Crippen molar-refractivity contribution < 1.29 is 9.63 Å². The van der Waals surface area contributed by atoms with Gasteiger partial charge in [-0.2, -0.15) is 0 Å². The largest absolute Gasteiger partial charge is 0.392 e. The molecular formula is C12H14N2O2S. The van der Waals surface area contributed by atoms with Gasteiger partial charge in [-0.25, -0.2) is 4.79 Å². The maximum absolute atomic E-state index is 11.8. The zero-order chi connectivity index (χ0) is 12.3. The molecule has 0 saturated carbocycles. The minimum atomic E-state index is -0.367. The van der Waals surface area contributed by atoms with Gasteiger partial charge >= 0.3 is 5.97 Å². The van der Waals surface area contributed by atoms with E-state index in [4.69, 9.17) is 22.8 Å². The predicted molar refractivity (Wildman–Crippen MR) is 68.4 cm³/mol. The van der Waals surface area contributed by atoms with Crippen LogP contribution in [0, 0.1) is 0 Å². The highest BCUT2D eigenvalue weighted by Crippen LogP contribution is 2.18. The highest BCUT2D eigenvalue weighted by atomic mass is 32.1. The molecule has 1 fully saturated rings. The summed E-state index contributed by atoms with van der Waals surface area (Å²) in [4.78, 5) is 17.5. The molecule has 5 heteroatoms. The van der Waals surface area contributed by atoms with E-state index in [0.29, 0.717) is 17.1 Å². The number of carbonyl (C=O) groups excluding carboxylic acids is 1. The third-order valence-electron chi connectivity index (χ3n) is 2.74. The molecule has 1 saturated heterocycles. The summed E-state index contributed by atoms with van der Waals surface area (Å²) in [5.74, 6) is -0.367. The fraction of sp³-hybridized carbons (Fsp3) is 0.333. The number of hydrogen-bond acceptors (Lipinski definition) is 4. The lowest BCUT2D eigenvalue weighted by Crippen LogP contribution is -2.40. The van der Waals surface area contributed by atoms with Crippen LogP contribution in [-0.2, 0) is 4.84 Å². The molecule has 0 unspecified atom stereocenters. The topological polar surface area (TPSA) is 55.6 Å². The van der Waals surface area contributed by atoms with Crippen molar-refractivity contribution in [3.63, 3.8) is 0 Å². The van der Waals surface area contributed by atoms with Crippen LogP contribution in [0.25, 0.3) is 0 Å². The molecule has 0 aliphatic carbocycles. The van der Waals surface area contributed by atoms with E-state index in [1.54, 1.807) is 29.3 Å². The van der Waals surface area contributed by atoms with Crippen molar-refractivity contribution in [3.05, 3.63) is 35.9 Å². The van der Waals surface area contributed by atoms with Gasteiger partial charge in [0.05, 0.1) is 16.6 Å². The average molecular weight is 250 g/mol. The van der Waals surface area contributed by atoms with Crippen molar-refractivity contribution in [1.82, 2.24) is 5.06 Å². The first-order chi connectivity index (χ1) is 8.18. The molecule has 1 heterocycles. The third-order valence-corrected chi connectivity index (χ3v) is 3.01. The summed E-state index contributed by atoms with van der Waals surface area (Å²) in [5.41, 5.74) is 6.13. The zero-order valence-electron chi connectivity index (χ0n) is 9.33. The predicted octanol–water partition coefficient (Wildman–Crippen LogP) is 1.51. The molecule has 0 amide bonds. The molecule has 1 aromatic carbocycles. The molecule has 4 nitrogen and oxygen atoms in total. The molecule has 0 bridgehead atoms. The summed E-state index contributed by atoms with van der Waals surface area (Å²) in [6.45, 7) is 0.681. The number of rotatable bonds is 3. The number of benzene rings is 1. The van der Waals surface area contributed by atoms with Crippen LogP contribution in [0.3, 0.4) is 0 Å². The molecule has 1 atom stereocenters. The minimum absolute atomic E-state index is 0.127. The molecule has 1 aliphatic heterocycles. The monoisotopic (exact) mass is 250 g/mol. The quantitative estimate of drug-likeness (QED) is 0.824. The molecule has 17 heavy (non-hydrogen) atoms. The molecule has 90 valence electrons. The Balaban J connectivity index is 2.02. The summed E-state index contributed by atoms with van der Waals surface area (Å²) < 4.78 is 0. The van der Waals surface area contributed by atoms with Gasteiger partial charge < -0.3 is 10.6 Å². The first-order valence-electron chi connectivity index (χ1n) is 5.52. The molecule has 0 spiro atoms. The van der Waals surface area contributed by atoms with Gasteiger partial charge in [0, 0.05) is 6.54 Å². The number of hydroxylamine groups is 2. The molecule has 2 rings (SSSR count). The van der Waals surface area contributed by atoms with E-state index >= 15 is 0 Å². The lowest BCUT2D eigenvalue weighted by atomic mass is 10.2. The van der Waals surface area contributed by atoms with Crippen LogP contribution in [0.5, 0.6) is 0 Å². The smallest absolute Gasteiger partial charge is 0.357 e. The van der Waals surface area contributed by atoms with Crippen molar-refractivity contribution in [2.45, 2.75) is 18.9 Å². The van der Waals surface area contributed by atoms with Crippen LogP contribution >= 0.6 is 12.2 Å². The second kappa shape index (κ2) is 5.25. The van der Waals surface area contributed by atoms with Crippen LogP contribution in [0.4, 0.5) is 0 Å². The van der Waals surface area contributed by atoms with Crippen molar-refractivity contribution in [1.29, 1.82) is 0 Å². The van der Waals surface area contributed by atoms with Crippen LogP contribution in [0.2, 0.25) is 0 Å². The Morgan fingerprint density at radius 2 is 2.12 bits per heavy atom. The summed E-state index contributed by atoms with van der Waals surface area (Å²) in [7, 11) is 0. The second-order valence-corrected chi connectivity index (χ2v) is 4.42. The fourth-order valence-electron chi connectivity index (χ4n) is 1.87. The van der Waals surface area contributed by atoms with E-state index in [9.17, 15) is 4.79 Å². The maximum Gasteiger partial charge on any atom is 0.357 e. The van der Waals surface area contributed by atoms with Crippen LogP contribution < -0.4 is 5.73 Å². The van der Waals surface area contributed by atoms with Gasteiger partial charge in [-0.05, 0) is 25.0 Å². The third kappa shape index (κ3) is 2.81. The molecule has 1 aromatic rings. The molecule has 0 aromatic heterocycles. The Kier molecular flexibility index (Phi) is 3.71. The zero-order valence-corrected chi connectivity index (χ0v) is 10.2. The van der Waals surface area contributed by atoms with Crippen molar-refractivity contribution >= 4 is 23.2 Å². The highest BCUT2D eigenvalue weighted by Gasteiger charge is 2.30. The van der Waals surface area contributed by atoms with Crippen molar-refractivity contribution in [3.8, 4) is 0 Å². The average Bonchev–Trinajstić information content (AvgIpc) is 2.78. The maximum atomic E-state index is 11.8. The Bertz CT molecular complexity index is 422. The van der Waals surface area contributed by atoms with Gasteiger partial charge in [0.15, 0.2) is 0 Å². The fourth-order valence-corrected chi connectivity index (χ4v) is 2.10. The van der Waals surface area contributed by atoms with E-state index in [1.165, 1.54) is 0 Å². The van der Waals surface area contributed by atoms with Gasteiger partial charge in [-0.1, -0.05) is 30.4 Å². The van der Waals surface area contributed by atoms with Crippen molar-refractivity contribution in [2.75, 3.05) is 6.54 Å². The van der Waals surface area contributed by atoms with Gasteiger partial charge in [-0.15, -0.1) is 5.06 Å². The van der Waals surface area contributed by atoms with E-state index < -0.39 is 0 Å². The Morgan fingerprint density at radius 3 is 2.76 bits per heavy atom. The van der Waals surface area contributed by atoms with E-state index in [1.807, 2.05) is 6.07 Å². The van der Waals surface area contributed by atoms with E-state index in [0.717, 1.165) is 12.8 Å². The highest BCUT2D eigenvalue weighted by molar-refractivity contribution is 7.80. The first-order valence-corrected chi connectivity index (χ1v) is 5.92. The number of thiocarbonyl (C=S) groups is 1. The Morgan fingerprint density at radius 1 is 1.41 bits per heavy atom. The van der Waals surface area contributed by atoms with Gasteiger partial charge in [0.2, 0.25) is 0 Å². The standard InChI is InChI=1S/C12H14N2O2S/c13-11(17)10-7-4-8-14(10)16-12(15)9-5-2-1-3-6-9/h1-3,5-6,10H,4,7-8H2,(H2,13,17)/t10-/m0/s1. The van der Waals surface area contributed by atoms with Crippen molar-refractivity contribution in [2.24, 2.45) is 5.73 Å². The van der Waals surface area contributed by atoms with Gasteiger partial charge in [-0.3, -0.25) is 0 Å². The van der Waals surface area contributed by atoms with E-state index in [2.05, 4.69) is 0 Å². The van der Waals surface area contributed by atoms with Gasteiger partial charge in [0.25, 0.3) is 0 Å². The van der Waals surface area contributed by atoms with Crippen LogP contribution in [0.1, 0.15) is 23.2 Å². The number of hydrogen-bond donors (Lipinski definition) is 1. The van der Waals surface area contributed by atoms with Gasteiger partial charge in [0.1, 0.15) is 0 Å². The minimum Gasteiger partial charge on any atom is -0.392 e.